The number of hydrogen-bond donors (Lipinski definition) is 1. The van der Waals surface area contributed by atoms with Gasteiger partial charge in [-0.15, -0.1) is 10.2 Å². The summed E-state index contributed by atoms with van der Waals surface area (Å²) in [7, 11) is 3.23. The van der Waals surface area contributed by atoms with E-state index in [-0.39, 0.29) is 5.91 Å². The Morgan fingerprint density at radius 3 is 2.49 bits per heavy atom. The molecule has 35 heavy (non-hydrogen) atoms. The largest absolute Gasteiger partial charge is 0.493 e. The minimum Gasteiger partial charge on any atom is -0.493 e. The number of aromatic nitrogens is 2. The maximum Gasteiger partial charge on any atom is 0.236 e. The van der Waals surface area contributed by atoms with E-state index in [1.807, 2.05) is 53.4 Å². The average Bonchev–Trinajstić information content (AvgIpc) is 3.18. The van der Waals surface area contributed by atoms with Gasteiger partial charge in [0.05, 0.1) is 26.5 Å². The average molecular weight is 476 g/mol. The van der Waals surface area contributed by atoms with Crippen molar-refractivity contribution in [2.75, 3.05) is 58.4 Å². The molecule has 2 heterocycles. The summed E-state index contributed by atoms with van der Waals surface area (Å²) in [6, 6.07) is 20.0. The standard InChI is InChI=1S/C27H33N5O3/c1-34-24-11-9-22(19-25(24)35-2)23-10-12-26(30-29-23)31-15-6-16-32(18-17-31)27(33)20-28-14-13-21-7-4-3-5-8-21/h3-5,7-12,19,28H,6,13-18,20H2,1-2H3. The minimum absolute atomic E-state index is 0.148. The van der Waals surface area contributed by atoms with Crippen LogP contribution in [-0.2, 0) is 11.2 Å². The zero-order chi connectivity index (χ0) is 24.5. The van der Waals surface area contributed by atoms with E-state index in [4.69, 9.17) is 9.47 Å². The molecule has 0 unspecified atom stereocenters. The lowest BCUT2D eigenvalue weighted by Crippen LogP contribution is -2.41. The van der Waals surface area contributed by atoms with Crippen LogP contribution in [-0.4, -0.2) is 74.5 Å². The fourth-order valence-corrected chi connectivity index (χ4v) is 4.22. The Hall–Kier alpha value is -3.65. The topological polar surface area (TPSA) is 79.8 Å². The predicted molar refractivity (Wildman–Crippen MR) is 137 cm³/mol. The quantitative estimate of drug-likeness (QED) is 0.477. The van der Waals surface area contributed by atoms with Crippen LogP contribution in [0.5, 0.6) is 11.5 Å². The van der Waals surface area contributed by atoms with Crippen molar-refractivity contribution in [3.8, 4) is 22.8 Å². The van der Waals surface area contributed by atoms with Gasteiger partial charge in [0.25, 0.3) is 0 Å². The van der Waals surface area contributed by atoms with Crippen molar-refractivity contribution in [3.05, 3.63) is 66.2 Å². The molecule has 1 amide bonds. The van der Waals surface area contributed by atoms with Crippen molar-refractivity contribution in [2.45, 2.75) is 12.8 Å². The van der Waals surface area contributed by atoms with Crippen LogP contribution >= 0.6 is 0 Å². The third-order valence-corrected chi connectivity index (χ3v) is 6.21. The number of methoxy groups -OCH3 is 2. The number of amides is 1. The molecule has 1 fully saturated rings. The first kappa shape index (κ1) is 24.5. The molecule has 0 bridgehead atoms. The highest BCUT2D eigenvalue weighted by Crippen LogP contribution is 2.31. The third-order valence-electron chi connectivity index (χ3n) is 6.21. The van der Waals surface area contributed by atoms with Crippen LogP contribution in [0, 0.1) is 0 Å². The summed E-state index contributed by atoms with van der Waals surface area (Å²) in [5.41, 5.74) is 2.95. The number of nitrogens with zero attached hydrogens (tertiary/aromatic N) is 4. The van der Waals surface area contributed by atoms with E-state index in [0.29, 0.717) is 24.6 Å². The van der Waals surface area contributed by atoms with Crippen molar-refractivity contribution >= 4 is 11.7 Å². The van der Waals surface area contributed by atoms with Crippen molar-refractivity contribution in [2.24, 2.45) is 0 Å². The Morgan fingerprint density at radius 2 is 1.74 bits per heavy atom. The molecule has 0 radical (unpaired) electrons. The lowest BCUT2D eigenvalue weighted by molar-refractivity contribution is -0.130. The zero-order valence-corrected chi connectivity index (χ0v) is 20.4. The second-order valence-corrected chi connectivity index (χ2v) is 8.48. The minimum atomic E-state index is 0.148. The molecule has 1 aromatic heterocycles. The maximum absolute atomic E-state index is 12.7. The van der Waals surface area contributed by atoms with Crippen LogP contribution in [0.1, 0.15) is 12.0 Å². The molecule has 4 rings (SSSR count). The Labute approximate surface area is 206 Å². The summed E-state index contributed by atoms with van der Waals surface area (Å²) in [5.74, 6) is 2.30. The van der Waals surface area contributed by atoms with Crippen LogP contribution in [0.25, 0.3) is 11.3 Å². The fraction of sp³-hybridized carbons (Fsp3) is 0.370. The highest BCUT2D eigenvalue weighted by atomic mass is 16.5. The van der Waals surface area contributed by atoms with Crippen LogP contribution < -0.4 is 19.7 Å². The van der Waals surface area contributed by atoms with Gasteiger partial charge in [0.15, 0.2) is 17.3 Å². The smallest absolute Gasteiger partial charge is 0.236 e. The predicted octanol–water partition coefficient (Wildman–Crippen LogP) is 3.03. The zero-order valence-electron chi connectivity index (χ0n) is 20.4. The van der Waals surface area contributed by atoms with E-state index in [1.54, 1.807) is 14.2 Å². The van der Waals surface area contributed by atoms with Gasteiger partial charge in [0.2, 0.25) is 5.91 Å². The summed E-state index contributed by atoms with van der Waals surface area (Å²) < 4.78 is 10.7. The van der Waals surface area contributed by atoms with Gasteiger partial charge in [-0.2, -0.15) is 0 Å². The van der Waals surface area contributed by atoms with Gasteiger partial charge < -0.3 is 24.6 Å². The van der Waals surface area contributed by atoms with E-state index in [1.165, 1.54) is 5.56 Å². The molecule has 1 N–H and O–H groups in total. The van der Waals surface area contributed by atoms with E-state index in [9.17, 15) is 4.79 Å². The first-order chi connectivity index (χ1) is 17.2. The maximum atomic E-state index is 12.7. The number of hydrogen-bond acceptors (Lipinski definition) is 7. The molecular formula is C27H33N5O3. The molecule has 2 aromatic carbocycles. The molecule has 1 aliphatic heterocycles. The second-order valence-electron chi connectivity index (χ2n) is 8.48. The van der Waals surface area contributed by atoms with Gasteiger partial charge in [-0.25, -0.2) is 0 Å². The second kappa shape index (κ2) is 12.2. The van der Waals surface area contributed by atoms with Crippen LogP contribution in [0.15, 0.2) is 60.7 Å². The van der Waals surface area contributed by atoms with Crippen molar-refractivity contribution < 1.29 is 14.3 Å². The number of anilines is 1. The fourth-order valence-electron chi connectivity index (χ4n) is 4.22. The first-order valence-corrected chi connectivity index (χ1v) is 12.0. The highest BCUT2D eigenvalue weighted by molar-refractivity contribution is 5.78. The van der Waals surface area contributed by atoms with Gasteiger partial charge in [-0.05, 0) is 55.3 Å². The first-order valence-electron chi connectivity index (χ1n) is 12.0. The molecule has 1 saturated heterocycles. The molecular weight excluding hydrogens is 442 g/mol. The normalized spacial score (nSPS) is 13.9. The monoisotopic (exact) mass is 475 g/mol. The van der Waals surface area contributed by atoms with E-state index in [2.05, 4.69) is 32.5 Å². The number of benzene rings is 2. The van der Waals surface area contributed by atoms with Gasteiger partial charge >= 0.3 is 0 Å². The Bertz CT molecular complexity index is 1090. The highest BCUT2D eigenvalue weighted by Gasteiger charge is 2.20. The van der Waals surface area contributed by atoms with E-state index in [0.717, 1.165) is 56.1 Å². The molecule has 3 aromatic rings. The van der Waals surface area contributed by atoms with Crippen LogP contribution in [0.2, 0.25) is 0 Å². The summed E-state index contributed by atoms with van der Waals surface area (Å²) in [5, 5.41) is 12.2. The number of carbonyl (C=O) groups is 1. The Morgan fingerprint density at radius 1 is 0.914 bits per heavy atom. The van der Waals surface area contributed by atoms with Crippen molar-refractivity contribution in [3.63, 3.8) is 0 Å². The van der Waals surface area contributed by atoms with Gasteiger partial charge in [0, 0.05) is 31.7 Å². The van der Waals surface area contributed by atoms with E-state index < -0.39 is 0 Å². The summed E-state index contributed by atoms with van der Waals surface area (Å²) >= 11 is 0. The lowest BCUT2D eigenvalue weighted by atomic mass is 10.1. The van der Waals surface area contributed by atoms with Crippen LogP contribution in [0.3, 0.4) is 0 Å². The molecule has 0 aliphatic carbocycles. The van der Waals surface area contributed by atoms with Gasteiger partial charge in [-0.1, -0.05) is 30.3 Å². The van der Waals surface area contributed by atoms with Crippen molar-refractivity contribution in [1.29, 1.82) is 0 Å². The van der Waals surface area contributed by atoms with Gasteiger partial charge in [0.1, 0.15) is 0 Å². The molecule has 184 valence electrons. The SMILES string of the molecule is COc1ccc(-c2ccc(N3CCCN(C(=O)CNCCc4ccccc4)CC3)nn2)cc1OC. The third kappa shape index (κ3) is 6.48. The van der Waals surface area contributed by atoms with Crippen molar-refractivity contribution in [1.82, 2.24) is 20.4 Å². The number of nitrogens with one attached hydrogen (secondary N) is 1. The number of ether oxygens (including phenoxy) is 2. The number of rotatable bonds is 9. The molecule has 0 spiro atoms. The molecule has 8 nitrogen and oxygen atoms in total. The van der Waals surface area contributed by atoms with Crippen LogP contribution in [0.4, 0.5) is 5.82 Å². The summed E-state index contributed by atoms with van der Waals surface area (Å²) in [6.45, 7) is 4.17. The molecule has 1 aliphatic rings. The molecule has 0 saturated carbocycles. The Kier molecular flexibility index (Phi) is 8.51. The lowest BCUT2D eigenvalue weighted by Gasteiger charge is -2.22. The van der Waals surface area contributed by atoms with Gasteiger partial charge in [-0.3, -0.25) is 4.79 Å². The van der Waals surface area contributed by atoms with E-state index >= 15 is 0 Å². The Balaban J connectivity index is 1.28. The molecule has 8 heteroatoms. The summed E-state index contributed by atoms with van der Waals surface area (Å²) in [6.07, 6.45) is 1.81. The summed E-state index contributed by atoms with van der Waals surface area (Å²) in [4.78, 5) is 16.8. The molecule has 0 atom stereocenters. The number of carbonyl (C=O) groups excluding carboxylic acids is 1.